The van der Waals surface area contributed by atoms with Gasteiger partial charge in [-0.3, -0.25) is 14.4 Å². The van der Waals surface area contributed by atoms with Gasteiger partial charge in [0.2, 0.25) is 0 Å². The Morgan fingerprint density at radius 3 is 2.88 bits per heavy atom. The van der Waals surface area contributed by atoms with E-state index < -0.39 is 0 Å². The molecule has 2 saturated heterocycles. The number of hydrogen-bond donors (Lipinski definition) is 0. The van der Waals surface area contributed by atoms with E-state index in [4.69, 9.17) is 4.74 Å². The molecule has 2 fully saturated rings. The molecular formula is C18H30N4O2. The van der Waals surface area contributed by atoms with Gasteiger partial charge in [0.1, 0.15) is 0 Å². The third kappa shape index (κ3) is 3.35. The number of fused-ring (bicyclic) bond motifs is 1. The molecule has 1 amide bonds. The third-order valence-electron chi connectivity index (χ3n) is 5.30. The lowest BCUT2D eigenvalue weighted by molar-refractivity contribution is -0.0776. The Morgan fingerprint density at radius 2 is 2.12 bits per heavy atom. The fraction of sp³-hybridized carbons (Fsp3) is 0.778. The minimum Gasteiger partial charge on any atom is -0.378 e. The predicted molar refractivity (Wildman–Crippen MR) is 93.2 cm³/mol. The smallest absolute Gasteiger partial charge is 0.257 e. The van der Waals surface area contributed by atoms with Crippen molar-refractivity contribution in [2.24, 2.45) is 0 Å². The van der Waals surface area contributed by atoms with Crippen LogP contribution >= 0.6 is 0 Å². The van der Waals surface area contributed by atoms with Crippen LogP contribution in [0.25, 0.3) is 0 Å². The number of hydrogen-bond acceptors (Lipinski definition) is 4. The number of morpholine rings is 1. The fourth-order valence-corrected chi connectivity index (χ4v) is 3.97. The van der Waals surface area contributed by atoms with Gasteiger partial charge in [0.15, 0.2) is 0 Å². The molecule has 24 heavy (non-hydrogen) atoms. The Labute approximate surface area is 144 Å². The highest BCUT2D eigenvalue weighted by atomic mass is 16.5. The average Bonchev–Trinajstić information content (AvgIpc) is 2.95. The molecule has 2 atom stereocenters. The SMILES string of the molecule is CCC[C@H]1COC[C@H]2CN(C(=O)c3cnn(CCC)c3C)CCN12. The number of carbonyl (C=O) groups is 1. The van der Waals surface area contributed by atoms with Gasteiger partial charge in [0.25, 0.3) is 5.91 Å². The molecule has 6 heteroatoms. The Kier molecular flexibility index (Phi) is 5.56. The number of piperazine rings is 1. The van der Waals surface area contributed by atoms with Gasteiger partial charge < -0.3 is 9.64 Å². The van der Waals surface area contributed by atoms with E-state index in [1.807, 2.05) is 16.5 Å². The molecule has 0 spiro atoms. The molecule has 0 aliphatic carbocycles. The van der Waals surface area contributed by atoms with Crippen LogP contribution in [0.15, 0.2) is 6.20 Å². The van der Waals surface area contributed by atoms with Gasteiger partial charge in [-0.05, 0) is 19.8 Å². The highest BCUT2D eigenvalue weighted by Crippen LogP contribution is 2.23. The van der Waals surface area contributed by atoms with Crippen molar-refractivity contribution in [3.63, 3.8) is 0 Å². The van der Waals surface area contributed by atoms with Gasteiger partial charge in [0, 0.05) is 37.9 Å². The monoisotopic (exact) mass is 334 g/mol. The highest BCUT2D eigenvalue weighted by molar-refractivity contribution is 5.95. The predicted octanol–water partition coefficient (Wildman–Crippen LogP) is 1.93. The maximum atomic E-state index is 12.9. The molecule has 0 bridgehead atoms. The number of carbonyl (C=O) groups excluding carboxylic acids is 1. The number of amides is 1. The van der Waals surface area contributed by atoms with Crippen LogP contribution in [0, 0.1) is 6.92 Å². The third-order valence-corrected chi connectivity index (χ3v) is 5.30. The van der Waals surface area contributed by atoms with E-state index in [9.17, 15) is 4.79 Å². The number of rotatable bonds is 5. The summed E-state index contributed by atoms with van der Waals surface area (Å²) in [5.74, 6) is 0.118. The summed E-state index contributed by atoms with van der Waals surface area (Å²) >= 11 is 0. The molecule has 0 radical (unpaired) electrons. The Morgan fingerprint density at radius 1 is 1.29 bits per heavy atom. The van der Waals surface area contributed by atoms with Gasteiger partial charge in [0.05, 0.1) is 31.0 Å². The standard InChI is InChI=1S/C18H30N4O2/c1-4-6-15-12-24-13-16-11-20(8-9-21(15)16)18(23)17-10-19-22(7-5-2)14(17)3/h10,15-16H,4-9,11-13H2,1-3H3/t15-,16+/m0/s1. The van der Waals surface area contributed by atoms with Crippen LogP contribution in [0.2, 0.25) is 0 Å². The summed E-state index contributed by atoms with van der Waals surface area (Å²) in [5, 5.41) is 4.37. The van der Waals surface area contributed by atoms with Gasteiger partial charge in [-0.2, -0.15) is 5.10 Å². The van der Waals surface area contributed by atoms with Crippen molar-refractivity contribution in [2.45, 2.75) is 58.7 Å². The van der Waals surface area contributed by atoms with Crippen molar-refractivity contribution in [1.29, 1.82) is 0 Å². The molecule has 1 aromatic rings. The lowest BCUT2D eigenvalue weighted by Crippen LogP contribution is -2.62. The summed E-state index contributed by atoms with van der Waals surface area (Å²) in [7, 11) is 0. The van der Waals surface area contributed by atoms with Gasteiger partial charge >= 0.3 is 0 Å². The average molecular weight is 334 g/mol. The molecule has 3 heterocycles. The zero-order valence-corrected chi connectivity index (χ0v) is 15.2. The first kappa shape index (κ1) is 17.4. The quantitative estimate of drug-likeness (QED) is 0.826. The number of aromatic nitrogens is 2. The van der Waals surface area contributed by atoms with Crippen molar-refractivity contribution in [3.05, 3.63) is 17.5 Å². The number of ether oxygens (including phenoxy) is 1. The first-order chi connectivity index (χ1) is 11.7. The van der Waals surface area contributed by atoms with Crippen LogP contribution < -0.4 is 0 Å². The largest absolute Gasteiger partial charge is 0.378 e. The second-order valence-corrected chi connectivity index (χ2v) is 6.99. The Balaban J connectivity index is 1.68. The van der Waals surface area contributed by atoms with E-state index in [1.54, 1.807) is 6.20 Å². The normalized spacial score (nSPS) is 24.9. The summed E-state index contributed by atoms with van der Waals surface area (Å²) in [6.45, 7) is 11.3. The van der Waals surface area contributed by atoms with E-state index >= 15 is 0 Å². The van der Waals surface area contributed by atoms with Crippen LogP contribution in [0.3, 0.4) is 0 Å². The van der Waals surface area contributed by atoms with Crippen LogP contribution in [-0.2, 0) is 11.3 Å². The van der Waals surface area contributed by atoms with Gasteiger partial charge in [-0.15, -0.1) is 0 Å². The fourth-order valence-electron chi connectivity index (χ4n) is 3.97. The van der Waals surface area contributed by atoms with Crippen molar-refractivity contribution >= 4 is 5.91 Å². The summed E-state index contributed by atoms with van der Waals surface area (Å²) in [6, 6.07) is 0.846. The molecule has 6 nitrogen and oxygen atoms in total. The summed E-state index contributed by atoms with van der Waals surface area (Å²) in [5.41, 5.74) is 1.73. The van der Waals surface area contributed by atoms with Crippen LogP contribution in [-0.4, -0.2) is 70.4 Å². The zero-order chi connectivity index (χ0) is 17.1. The van der Waals surface area contributed by atoms with Crippen LogP contribution in [0.4, 0.5) is 0 Å². The number of aryl methyl sites for hydroxylation is 1. The Hall–Kier alpha value is -1.40. The number of nitrogens with zero attached hydrogens (tertiary/aromatic N) is 4. The lowest BCUT2D eigenvalue weighted by Gasteiger charge is -2.48. The molecule has 0 N–H and O–H groups in total. The molecule has 0 saturated carbocycles. The van der Waals surface area contributed by atoms with E-state index in [-0.39, 0.29) is 5.91 Å². The van der Waals surface area contributed by atoms with E-state index in [0.717, 1.165) is 57.1 Å². The minimum atomic E-state index is 0.118. The summed E-state index contributed by atoms with van der Waals surface area (Å²) in [6.07, 6.45) is 5.10. The molecule has 1 aromatic heterocycles. The van der Waals surface area contributed by atoms with Gasteiger partial charge in [-0.25, -0.2) is 0 Å². The van der Waals surface area contributed by atoms with E-state index in [1.165, 1.54) is 12.8 Å². The molecule has 0 aromatic carbocycles. The van der Waals surface area contributed by atoms with Crippen LogP contribution in [0.1, 0.15) is 49.2 Å². The lowest BCUT2D eigenvalue weighted by atomic mass is 10.0. The first-order valence-corrected chi connectivity index (χ1v) is 9.30. The highest BCUT2D eigenvalue weighted by Gasteiger charge is 2.37. The maximum absolute atomic E-state index is 12.9. The van der Waals surface area contributed by atoms with Crippen LogP contribution in [0.5, 0.6) is 0 Å². The second-order valence-electron chi connectivity index (χ2n) is 6.99. The first-order valence-electron chi connectivity index (χ1n) is 9.30. The minimum absolute atomic E-state index is 0.118. The molecular weight excluding hydrogens is 304 g/mol. The summed E-state index contributed by atoms with van der Waals surface area (Å²) < 4.78 is 7.74. The van der Waals surface area contributed by atoms with Crippen molar-refractivity contribution in [2.75, 3.05) is 32.8 Å². The van der Waals surface area contributed by atoms with Crippen molar-refractivity contribution in [3.8, 4) is 0 Å². The molecule has 0 unspecified atom stereocenters. The zero-order valence-electron chi connectivity index (χ0n) is 15.2. The van der Waals surface area contributed by atoms with Gasteiger partial charge in [-0.1, -0.05) is 20.3 Å². The van der Waals surface area contributed by atoms with E-state index in [2.05, 4.69) is 23.8 Å². The van der Waals surface area contributed by atoms with E-state index in [0.29, 0.717) is 12.1 Å². The van der Waals surface area contributed by atoms with Crippen molar-refractivity contribution < 1.29 is 9.53 Å². The second kappa shape index (κ2) is 7.66. The molecule has 2 aliphatic heterocycles. The summed E-state index contributed by atoms with van der Waals surface area (Å²) in [4.78, 5) is 17.5. The Bertz CT molecular complexity index is 569. The molecule has 134 valence electrons. The molecule has 2 aliphatic rings. The topological polar surface area (TPSA) is 50.6 Å². The maximum Gasteiger partial charge on any atom is 0.257 e. The molecule has 3 rings (SSSR count). The van der Waals surface area contributed by atoms with Crippen molar-refractivity contribution in [1.82, 2.24) is 19.6 Å².